The Bertz CT molecular complexity index is 1300. The number of rotatable bonds is 9. The van der Waals surface area contributed by atoms with E-state index in [9.17, 15) is 10.2 Å². The van der Waals surface area contributed by atoms with Gasteiger partial charge in [0.15, 0.2) is 0 Å². The van der Waals surface area contributed by atoms with Gasteiger partial charge in [-0.3, -0.25) is 0 Å². The van der Waals surface area contributed by atoms with Crippen molar-refractivity contribution in [3.63, 3.8) is 0 Å². The van der Waals surface area contributed by atoms with Crippen LogP contribution in [0.25, 0.3) is 22.1 Å². The van der Waals surface area contributed by atoms with Gasteiger partial charge in [0.05, 0.1) is 0 Å². The molecule has 5 rings (SSSR count). The quantitative estimate of drug-likeness (QED) is 0.282. The van der Waals surface area contributed by atoms with E-state index in [0.717, 1.165) is 84.6 Å². The number of piperazine rings is 1. The lowest BCUT2D eigenvalue weighted by Crippen LogP contribution is -2.44. The van der Waals surface area contributed by atoms with E-state index >= 15 is 0 Å². The molecule has 2 heterocycles. The van der Waals surface area contributed by atoms with Crippen molar-refractivity contribution in [1.29, 1.82) is 0 Å². The average Bonchev–Trinajstić information content (AvgIpc) is 3.34. The van der Waals surface area contributed by atoms with E-state index in [0.29, 0.717) is 6.42 Å². The van der Waals surface area contributed by atoms with Crippen LogP contribution in [0.5, 0.6) is 5.75 Å². The van der Waals surface area contributed by atoms with Crippen LogP contribution in [0.15, 0.2) is 83.3 Å². The maximum absolute atomic E-state index is 9.93. The van der Waals surface area contributed by atoms with Crippen LogP contribution in [0.1, 0.15) is 35.3 Å². The average molecular weight is 483 g/mol. The zero-order chi connectivity index (χ0) is 24.7. The van der Waals surface area contributed by atoms with Gasteiger partial charge in [0, 0.05) is 51.1 Å². The molecule has 3 N–H and O–H groups in total. The van der Waals surface area contributed by atoms with Gasteiger partial charge in [-0.1, -0.05) is 48.5 Å². The first-order chi connectivity index (χ1) is 17.7. The largest absolute Gasteiger partial charge is 0.508 e. The Hall–Kier alpha value is -3.38. The number of hydrogen-bond acceptors (Lipinski definition) is 5. The Balaban J connectivity index is 1.55. The minimum atomic E-state index is 0.135. The number of benzene rings is 3. The maximum atomic E-state index is 9.93. The summed E-state index contributed by atoms with van der Waals surface area (Å²) >= 11 is 0. The van der Waals surface area contributed by atoms with Gasteiger partial charge in [0.2, 0.25) is 0 Å². The normalized spacial score (nSPS) is 15.2. The summed E-state index contributed by atoms with van der Waals surface area (Å²) in [6.45, 7) is 5.41. The van der Waals surface area contributed by atoms with E-state index in [1.165, 1.54) is 5.57 Å². The van der Waals surface area contributed by atoms with Gasteiger partial charge < -0.3 is 24.8 Å². The highest BCUT2D eigenvalue weighted by Gasteiger charge is 2.16. The number of aromatic hydroxyl groups is 1. The molecule has 4 aromatic rings. The van der Waals surface area contributed by atoms with Crippen molar-refractivity contribution in [1.82, 2.24) is 10.2 Å². The fourth-order valence-electron chi connectivity index (χ4n) is 5.03. The monoisotopic (exact) mass is 482 g/mol. The summed E-state index contributed by atoms with van der Waals surface area (Å²) in [7, 11) is 0. The van der Waals surface area contributed by atoms with Crippen LogP contribution >= 0.6 is 0 Å². The molecule has 0 amide bonds. The summed E-state index contributed by atoms with van der Waals surface area (Å²) in [6, 6.07) is 26.3. The number of allylic oxidation sites excluding steroid dienone is 1. The SMILES string of the molecule is OCCCC(=C(c1ccc(O)cc1)c1ccc2oc(CCN3CCNCC3)cc2c1)c1ccccc1. The molecular weight excluding hydrogens is 448 g/mol. The van der Waals surface area contributed by atoms with E-state index < -0.39 is 0 Å². The van der Waals surface area contributed by atoms with E-state index in [4.69, 9.17) is 4.42 Å². The molecule has 5 nitrogen and oxygen atoms in total. The summed E-state index contributed by atoms with van der Waals surface area (Å²) in [6.07, 6.45) is 2.32. The molecule has 186 valence electrons. The third-order valence-corrected chi connectivity index (χ3v) is 6.90. The molecule has 0 spiro atoms. The molecule has 1 fully saturated rings. The molecule has 0 atom stereocenters. The summed E-state index contributed by atoms with van der Waals surface area (Å²) in [4.78, 5) is 2.48. The Morgan fingerprint density at radius 2 is 1.61 bits per heavy atom. The van der Waals surface area contributed by atoms with Crippen molar-refractivity contribution in [2.75, 3.05) is 39.3 Å². The van der Waals surface area contributed by atoms with Crippen molar-refractivity contribution >= 4 is 22.1 Å². The number of aliphatic hydroxyl groups is 1. The maximum Gasteiger partial charge on any atom is 0.134 e. The van der Waals surface area contributed by atoms with Crippen LogP contribution in [0.4, 0.5) is 0 Å². The number of phenols is 1. The number of phenolic OH excluding ortho intramolecular Hbond substituents is 1. The second kappa shape index (κ2) is 11.6. The van der Waals surface area contributed by atoms with E-state index in [2.05, 4.69) is 46.6 Å². The van der Waals surface area contributed by atoms with Crippen LogP contribution in [0, 0.1) is 0 Å². The Morgan fingerprint density at radius 1 is 0.861 bits per heavy atom. The minimum Gasteiger partial charge on any atom is -0.508 e. The Kier molecular flexibility index (Phi) is 7.82. The van der Waals surface area contributed by atoms with Gasteiger partial charge in [-0.25, -0.2) is 0 Å². The van der Waals surface area contributed by atoms with Gasteiger partial charge in [-0.05, 0) is 71.0 Å². The van der Waals surface area contributed by atoms with Gasteiger partial charge in [-0.15, -0.1) is 0 Å². The third-order valence-electron chi connectivity index (χ3n) is 6.90. The zero-order valence-electron chi connectivity index (χ0n) is 20.6. The predicted octanol–water partition coefficient (Wildman–Crippen LogP) is 5.32. The number of fused-ring (bicyclic) bond motifs is 1. The molecule has 3 aromatic carbocycles. The first-order valence-electron chi connectivity index (χ1n) is 12.9. The molecule has 0 bridgehead atoms. The van der Waals surface area contributed by atoms with Crippen molar-refractivity contribution in [2.24, 2.45) is 0 Å². The van der Waals surface area contributed by atoms with Crippen LogP contribution in [0.3, 0.4) is 0 Å². The third kappa shape index (κ3) is 5.71. The topological polar surface area (TPSA) is 68.9 Å². The first-order valence-corrected chi connectivity index (χ1v) is 12.9. The highest BCUT2D eigenvalue weighted by molar-refractivity contribution is 6.00. The van der Waals surface area contributed by atoms with E-state index in [1.807, 2.05) is 30.3 Å². The molecule has 5 heteroatoms. The summed E-state index contributed by atoms with van der Waals surface area (Å²) in [5.74, 6) is 1.26. The fourth-order valence-corrected chi connectivity index (χ4v) is 5.03. The van der Waals surface area contributed by atoms with Gasteiger partial charge in [0.25, 0.3) is 0 Å². The Labute approximate surface area is 212 Å². The minimum absolute atomic E-state index is 0.135. The number of furan rings is 1. The lowest BCUT2D eigenvalue weighted by atomic mass is 9.87. The molecule has 0 radical (unpaired) electrons. The van der Waals surface area contributed by atoms with E-state index in [1.54, 1.807) is 12.1 Å². The van der Waals surface area contributed by atoms with Crippen LogP contribution in [-0.2, 0) is 6.42 Å². The van der Waals surface area contributed by atoms with Crippen molar-refractivity contribution in [3.8, 4) is 5.75 Å². The fraction of sp³-hybridized carbons (Fsp3) is 0.290. The summed E-state index contributed by atoms with van der Waals surface area (Å²) in [5.41, 5.74) is 6.46. The molecule has 1 aromatic heterocycles. The number of nitrogens with zero attached hydrogens (tertiary/aromatic N) is 1. The summed E-state index contributed by atoms with van der Waals surface area (Å²) < 4.78 is 6.20. The van der Waals surface area contributed by atoms with Crippen molar-refractivity contribution in [2.45, 2.75) is 19.3 Å². The predicted molar refractivity (Wildman–Crippen MR) is 146 cm³/mol. The second-order valence-electron chi connectivity index (χ2n) is 9.40. The van der Waals surface area contributed by atoms with Crippen molar-refractivity contribution < 1.29 is 14.6 Å². The van der Waals surface area contributed by atoms with Gasteiger partial charge in [-0.2, -0.15) is 0 Å². The molecule has 1 saturated heterocycles. The molecular formula is C31H34N2O3. The lowest BCUT2D eigenvalue weighted by Gasteiger charge is -2.26. The van der Waals surface area contributed by atoms with Crippen LogP contribution in [0.2, 0.25) is 0 Å². The number of hydrogen-bond donors (Lipinski definition) is 3. The molecule has 1 aliphatic heterocycles. The van der Waals surface area contributed by atoms with Crippen LogP contribution in [-0.4, -0.2) is 54.4 Å². The first kappa shape index (κ1) is 24.3. The van der Waals surface area contributed by atoms with Gasteiger partial charge in [0.1, 0.15) is 17.1 Å². The lowest BCUT2D eigenvalue weighted by molar-refractivity contribution is 0.239. The zero-order valence-corrected chi connectivity index (χ0v) is 20.6. The molecule has 1 aliphatic rings. The van der Waals surface area contributed by atoms with Crippen molar-refractivity contribution in [3.05, 3.63) is 101 Å². The second-order valence-corrected chi connectivity index (χ2v) is 9.40. The van der Waals surface area contributed by atoms with Gasteiger partial charge >= 0.3 is 0 Å². The molecule has 0 unspecified atom stereocenters. The van der Waals surface area contributed by atoms with Crippen LogP contribution < -0.4 is 5.32 Å². The number of aliphatic hydroxyl groups excluding tert-OH is 1. The van der Waals surface area contributed by atoms with E-state index in [-0.39, 0.29) is 12.4 Å². The molecule has 36 heavy (non-hydrogen) atoms. The standard InChI is InChI=1S/C31H34N2O3/c34-20-4-7-29(23-5-2-1-3-6-23)31(24-8-11-27(35)12-9-24)25-10-13-30-26(21-25)22-28(36-30)14-17-33-18-15-32-16-19-33/h1-3,5-6,8-13,21-22,32,34-35H,4,7,14-20H2. The highest BCUT2D eigenvalue weighted by atomic mass is 16.3. The highest BCUT2D eigenvalue weighted by Crippen LogP contribution is 2.37. The number of nitrogens with one attached hydrogen (secondary N) is 1. The smallest absolute Gasteiger partial charge is 0.134 e. The molecule has 0 aliphatic carbocycles. The molecule has 0 saturated carbocycles. The summed E-state index contributed by atoms with van der Waals surface area (Å²) in [5, 5.41) is 24.1. The Morgan fingerprint density at radius 3 is 2.36 bits per heavy atom.